The van der Waals surface area contributed by atoms with Gasteiger partial charge in [-0.1, -0.05) is 0 Å². The van der Waals surface area contributed by atoms with Crippen molar-refractivity contribution in [3.8, 4) is 0 Å². The molecule has 0 fully saturated rings. The van der Waals surface area contributed by atoms with E-state index < -0.39 is 6.85 Å². The molecular formula is C4H6N2. The Bertz CT molecular complexity index is 176. The van der Waals surface area contributed by atoms with E-state index in [1.807, 2.05) is 0 Å². The van der Waals surface area contributed by atoms with Crippen LogP contribution >= 0.6 is 0 Å². The molecule has 0 aliphatic rings. The summed E-state index contributed by atoms with van der Waals surface area (Å²) in [4.78, 5) is 6.08. The molecule has 0 saturated heterocycles. The summed E-state index contributed by atoms with van der Waals surface area (Å²) in [7, 11) is 0. The highest BCUT2D eigenvalue weighted by atomic mass is 14.9. The van der Waals surface area contributed by atoms with Gasteiger partial charge in [0.1, 0.15) is 0 Å². The molecule has 0 saturated carbocycles. The quantitative estimate of drug-likeness (QED) is 0.463. The first kappa shape index (κ1) is 1.37. The summed E-state index contributed by atoms with van der Waals surface area (Å²) in [6, 6.07) is 0. The second-order valence-electron chi connectivity index (χ2n) is 0.965. The third-order valence-corrected chi connectivity index (χ3v) is 0.498. The summed E-state index contributed by atoms with van der Waals surface area (Å²) in [5, 5.41) is 0. The molecule has 2 heteroatoms. The first-order valence-corrected chi connectivity index (χ1v) is 1.59. The van der Waals surface area contributed by atoms with Crippen LogP contribution in [0.15, 0.2) is 12.5 Å². The number of H-pyrrole nitrogens is 1. The molecule has 0 atom stereocenters. The predicted molar refractivity (Wildman–Crippen MR) is 23.3 cm³/mol. The highest BCUT2D eigenvalue weighted by molar-refractivity contribution is 4.87. The van der Waals surface area contributed by atoms with Gasteiger partial charge in [0, 0.05) is 16.0 Å². The van der Waals surface area contributed by atoms with Gasteiger partial charge >= 0.3 is 0 Å². The molecular weight excluding hydrogens is 77.1 g/mol. The van der Waals surface area contributed by atoms with Crippen LogP contribution in [0.5, 0.6) is 0 Å². The fourth-order valence-electron chi connectivity index (χ4n) is 0.256. The van der Waals surface area contributed by atoms with Crippen LogP contribution in [-0.2, 0) is 0 Å². The van der Waals surface area contributed by atoms with Crippen molar-refractivity contribution in [3.63, 3.8) is 0 Å². The molecule has 0 aliphatic heterocycles. The Hall–Kier alpha value is -0.790. The number of hydrogen-bond donors (Lipinski definition) is 1. The Morgan fingerprint density at radius 2 is 3.17 bits per heavy atom. The van der Waals surface area contributed by atoms with E-state index in [0.29, 0.717) is 0 Å². The molecule has 32 valence electrons. The van der Waals surface area contributed by atoms with E-state index in [9.17, 15) is 0 Å². The number of nitrogens with zero attached hydrogens (tertiary/aromatic N) is 1. The summed E-state index contributed by atoms with van der Waals surface area (Å²) in [6.07, 6.45) is 2.65. The van der Waals surface area contributed by atoms with E-state index in [4.69, 9.17) is 4.11 Å². The lowest BCUT2D eigenvalue weighted by molar-refractivity contribution is 1.25. The molecule has 0 amide bonds. The highest BCUT2D eigenvalue weighted by Gasteiger charge is 1.73. The number of aromatic amines is 1. The molecule has 0 spiro atoms. The van der Waals surface area contributed by atoms with Crippen LogP contribution in [0, 0.1) is 6.85 Å². The lowest BCUT2D eigenvalue weighted by Crippen LogP contribution is -1.59. The molecule has 1 heterocycles. The monoisotopic (exact) mass is 86.1 g/mol. The van der Waals surface area contributed by atoms with Gasteiger partial charge in [-0.05, 0) is 6.85 Å². The van der Waals surface area contributed by atoms with Crippen molar-refractivity contribution >= 4 is 0 Å². The minimum absolute atomic E-state index is 0.183. The molecule has 0 aromatic carbocycles. The zero-order valence-electron chi connectivity index (χ0n) is 6.10. The summed E-state index contributed by atoms with van der Waals surface area (Å²) in [6.45, 7) is -2.05. The van der Waals surface area contributed by atoms with E-state index in [2.05, 4.69) is 9.97 Å². The van der Waals surface area contributed by atoms with E-state index in [1.165, 1.54) is 12.5 Å². The van der Waals surface area contributed by atoms with Gasteiger partial charge in [-0.3, -0.25) is 0 Å². The van der Waals surface area contributed by atoms with Crippen molar-refractivity contribution in [1.29, 1.82) is 0 Å². The maximum atomic E-state index is 6.85. The molecule has 6 heavy (non-hydrogen) atoms. The number of aryl methyl sites for hydroxylation is 1. The third kappa shape index (κ3) is 0.407. The fraction of sp³-hybridized carbons (Fsp3) is 0.250. The lowest BCUT2D eigenvalue weighted by atomic mass is 10.7. The standard InChI is InChI=1S/C4H6N2/c1-4-2-5-3-6-4/h2-3H,1H3,(H,5,6)/i1+1D3. The topological polar surface area (TPSA) is 28.7 Å². The van der Waals surface area contributed by atoms with Crippen molar-refractivity contribution in [1.82, 2.24) is 9.97 Å². The van der Waals surface area contributed by atoms with Crippen LogP contribution in [0.1, 0.15) is 9.81 Å². The minimum atomic E-state index is -2.05. The van der Waals surface area contributed by atoms with Gasteiger partial charge in [0.25, 0.3) is 0 Å². The molecule has 0 radical (unpaired) electrons. The second-order valence-corrected chi connectivity index (χ2v) is 0.965. The molecule has 0 unspecified atom stereocenters. The maximum Gasteiger partial charge on any atom is 0.0921 e. The van der Waals surface area contributed by atoms with Crippen molar-refractivity contribution in [2.24, 2.45) is 0 Å². The van der Waals surface area contributed by atoms with Gasteiger partial charge < -0.3 is 4.98 Å². The fourth-order valence-corrected chi connectivity index (χ4v) is 0.256. The van der Waals surface area contributed by atoms with Crippen molar-refractivity contribution in [2.75, 3.05) is 0 Å². The van der Waals surface area contributed by atoms with Gasteiger partial charge in [0.15, 0.2) is 0 Å². The lowest BCUT2D eigenvalue weighted by Gasteiger charge is -1.67. The average Bonchev–Trinajstić information content (AvgIpc) is 2.08. The summed E-state index contributed by atoms with van der Waals surface area (Å²) in [5.74, 6) is 0. The van der Waals surface area contributed by atoms with E-state index in [1.54, 1.807) is 0 Å². The van der Waals surface area contributed by atoms with E-state index in [-0.39, 0.29) is 5.69 Å². The number of imidazole rings is 1. The van der Waals surface area contributed by atoms with Crippen LogP contribution in [0.25, 0.3) is 0 Å². The number of rotatable bonds is 0. The van der Waals surface area contributed by atoms with Crippen LogP contribution in [0.2, 0.25) is 0 Å². The number of hydrogen-bond acceptors (Lipinski definition) is 1. The summed E-state index contributed by atoms with van der Waals surface area (Å²) >= 11 is 0. The van der Waals surface area contributed by atoms with Crippen LogP contribution < -0.4 is 0 Å². The van der Waals surface area contributed by atoms with Crippen molar-refractivity contribution in [2.45, 2.75) is 6.85 Å². The minimum Gasteiger partial charge on any atom is -0.349 e. The number of nitrogens with one attached hydrogen (secondary N) is 1. The molecule has 0 bridgehead atoms. The van der Waals surface area contributed by atoms with Crippen molar-refractivity contribution in [3.05, 3.63) is 18.2 Å². The zero-order valence-corrected chi connectivity index (χ0v) is 3.10. The zero-order chi connectivity index (χ0) is 6.91. The molecule has 1 rings (SSSR count). The molecule has 1 aromatic heterocycles. The average molecular weight is 86.1 g/mol. The van der Waals surface area contributed by atoms with E-state index in [0.717, 1.165) is 0 Å². The Kier molecular flexibility index (Phi) is 0.257. The van der Waals surface area contributed by atoms with Crippen LogP contribution in [-0.4, -0.2) is 9.97 Å². The SMILES string of the molecule is [2H][13C]([2H])([2H])c1cnc[nH]1. The predicted octanol–water partition coefficient (Wildman–Crippen LogP) is 0.718. The summed E-state index contributed by atoms with van der Waals surface area (Å²) in [5.41, 5.74) is 0.183. The van der Waals surface area contributed by atoms with Crippen molar-refractivity contribution < 1.29 is 4.11 Å². The van der Waals surface area contributed by atoms with E-state index >= 15 is 0 Å². The number of aromatic nitrogens is 2. The largest absolute Gasteiger partial charge is 0.349 e. The van der Waals surface area contributed by atoms with Crippen LogP contribution in [0.4, 0.5) is 0 Å². The Morgan fingerprint density at radius 1 is 2.17 bits per heavy atom. The normalized spacial score (nSPS) is 18.3. The van der Waals surface area contributed by atoms with Crippen LogP contribution in [0.3, 0.4) is 0 Å². The molecule has 1 aromatic rings. The van der Waals surface area contributed by atoms with Gasteiger partial charge in [0.2, 0.25) is 0 Å². The Morgan fingerprint density at radius 3 is 3.50 bits per heavy atom. The first-order valence-electron chi connectivity index (χ1n) is 3.09. The molecule has 2 nitrogen and oxygen atoms in total. The van der Waals surface area contributed by atoms with Gasteiger partial charge in [-0.25, -0.2) is 4.98 Å². The van der Waals surface area contributed by atoms with Gasteiger partial charge in [-0.2, -0.15) is 0 Å². The Balaban J connectivity index is 2.90. The molecule has 1 N–H and O–H groups in total. The third-order valence-electron chi connectivity index (χ3n) is 0.498. The van der Waals surface area contributed by atoms with Gasteiger partial charge in [-0.15, -0.1) is 0 Å². The first-order chi connectivity index (χ1) is 4.11. The smallest absolute Gasteiger partial charge is 0.0921 e. The Labute approximate surface area is 40.4 Å². The maximum absolute atomic E-state index is 6.85. The highest BCUT2D eigenvalue weighted by Crippen LogP contribution is 1.81. The second kappa shape index (κ2) is 1.12. The summed E-state index contributed by atoms with van der Waals surface area (Å²) < 4.78 is 20.6. The molecule has 0 aliphatic carbocycles. The van der Waals surface area contributed by atoms with Gasteiger partial charge in [0.05, 0.1) is 6.33 Å².